The lowest BCUT2D eigenvalue weighted by Crippen LogP contribution is -2.40. The van der Waals surface area contributed by atoms with Gasteiger partial charge in [-0.1, -0.05) is 0 Å². The zero-order valence-electron chi connectivity index (χ0n) is 11.5. The first kappa shape index (κ1) is 13.4. The average Bonchev–Trinajstić information content (AvgIpc) is 3.25. The van der Waals surface area contributed by atoms with Crippen LogP contribution in [0, 0.1) is 16.7 Å². The maximum Gasteiger partial charge on any atom is 0.254 e. The van der Waals surface area contributed by atoms with E-state index >= 15 is 0 Å². The molecular weight excluding hydrogens is 284 g/mol. The van der Waals surface area contributed by atoms with Crippen LogP contribution in [0.1, 0.15) is 51.4 Å². The van der Waals surface area contributed by atoms with E-state index in [2.05, 4.69) is 4.72 Å². The molecule has 0 aliphatic heterocycles. The molecule has 20 heavy (non-hydrogen) atoms. The molecule has 2 spiro atoms. The van der Waals surface area contributed by atoms with E-state index in [9.17, 15) is 17.2 Å². The quantitative estimate of drug-likeness (QED) is 0.868. The lowest BCUT2D eigenvalue weighted by molar-refractivity contribution is 0.0451. The predicted molar refractivity (Wildman–Crippen MR) is 70.9 cm³/mol. The van der Waals surface area contributed by atoms with Crippen LogP contribution < -0.4 is 4.72 Å². The summed E-state index contributed by atoms with van der Waals surface area (Å²) in [6.07, 6.45) is 5.48. The Morgan fingerprint density at radius 3 is 2.15 bits per heavy atom. The van der Waals surface area contributed by atoms with Crippen molar-refractivity contribution in [2.45, 2.75) is 63.3 Å². The van der Waals surface area contributed by atoms with Crippen LogP contribution in [0.4, 0.5) is 8.78 Å². The molecule has 0 aromatic rings. The summed E-state index contributed by atoms with van der Waals surface area (Å²) in [4.78, 5) is 0. The van der Waals surface area contributed by atoms with Crippen molar-refractivity contribution in [3.63, 3.8) is 0 Å². The van der Waals surface area contributed by atoms with Crippen molar-refractivity contribution in [2.24, 2.45) is 16.7 Å². The van der Waals surface area contributed by atoms with Crippen molar-refractivity contribution in [3.8, 4) is 0 Å². The molecule has 1 atom stereocenters. The fraction of sp³-hybridized carbons (Fsp3) is 1.00. The van der Waals surface area contributed by atoms with E-state index in [4.69, 9.17) is 0 Å². The Labute approximate surface area is 118 Å². The normalized spacial score (nSPS) is 43.7. The SMILES string of the molecule is O=S(=O)(CC1CC12CC2)NC1CCC2(CC1)CC2(F)F. The van der Waals surface area contributed by atoms with Crippen molar-refractivity contribution < 1.29 is 17.2 Å². The van der Waals surface area contributed by atoms with Crippen LogP contribution in [-0.2, 0) is 10.0 Å². The first-order valence-electron chi connectivity index (χ1n) is 7.64. The fourth-order valence-corrected chi connectivity index (χ4v) is 6.06. The van der Waals surface area contributed by atoms with Crippen LogP contribution in [0.25, 0.3) is 0 Å². The molecule has 0 aromatic carbocycles. The molecule has 0 heterocycles. The van der Waals surface area contributed by atoms with Crippen LogP contribution in [0.3, 0.4) is 0 Å². The molecule has 1 N–H and O–H groups in total. The Kier molecular flexibility index (Phi) is 2.52. The monoisotopic (exact) mass is 305 g/mol. The molecule has 4 rings (SSSR count). The summed E-state index contributed by atoms with van der Waals surface area (Å²) in [6.45, 7) is 0. The lowest BCUT2D eigenvalue weighted by atomic mass is 9.83. The zero-order valence-corrected chi connectivity index (χ0v) is 12.3. The second-order valence-electron chi connectivity index (χ2n) is 7.60. The maximum absolute atomic E-state index is 13.3. The van der Waals surface area contributed by atoms with E-state index in [-0.39, 0.29) is 18.2 Å². The van der Waals surface area contributed by atoms with Gasteiger partial charge in [0.25, 0.3) is 5.92 Å². The Bertz CT molecular complexity index is 533. The maximum atomic E-state index is 13.3. The topological polar surface area (TPSA) is 46.2 Å². The van der Waals surface area contributed by atoms with Gasteiger partial charge in [-0.3, -0.25) is 0 Å². The standard InChI is InChI=1S/C14H21F2NO2S/c15-14(16)9-13(14)3-1-11(2-4-13)17-20(18,19)8-10-7-12(10)5-6-12/h10-11,17H,1-9H2. The Hall–Kier alpha value is -0.230. The van der Waals surface area contributed by atoms with Crippen molar-refractivity contribution in [1.29, 1.82) is 0 Å². The summed E-state index contributed by atoms with van der Waals surface area (Å²) in [5.41, 5.74) is -0.398. The van der Waals surface area contributed by atoms with E-state index in [1.807, 2.05) is 0 Å². The van der Waals surface area contributed by atoms with Gasteiger partial charge in [-0.2, -0.15) is 0 Å². The molecular formula is C14H21F2NO2S. The van der Waals surface area contributed by atoms with E-state index in [0.717, 1.165) is 6.42 Å². The molecule has 3 nitrogen and oxygen atoms in total. The van der Waals surface area contributed by atoms with Crippen molar-refractivity contribution in [2.75, 3.05) is 5.75 Å². The van der Waals surface area contributed by atoms with E-state index in [1.165, 1.54) is 12.8 Å². The average molecular weight is 305 g/mol. The second-order valence-corrected chi connectivity index (χ2v) is 9.40. The van der Waals surface area contributed by atoms with Crippen LogP contribution >= 0.6 is 0 Å². The molecule has 0 saturated heterocycles. The van der Waals surface area contributed by atoms with Gasteiger partial charge in [-0.15, -0.1) is 0 Å². The summed E-state index contributed by atoms with van der Waals surface area (Å²) in [5.74, 6) is -1.91. The fourth-order valence-electron chi connectivity index (χ4n) is 4.22. The molecule has 0 aromatic heterocycles. The third-order valence-electron chi connectivity index (χ3n) is 6.17. The predicted octanol–water partition coefficient (Wildman–Crippen LogP) is 2.67. The molecule has 4 aliphatic carbocycles. The third-order valence-corrected chi connectivity index (χ3v) is 7.71. The van der Waals surface area contributed by atoms with Gasteiger partial charge >= 0.3 is 0 Å². The molecule has 0 radical (unpaired) electrons. The molecule has 4 fully saturated rings. The van der Waals surface area contributed by atoms with Gasteiger partial charge in [0.15, 0.2) is 0 Å². The summed E-state index contributed by atoms with van der Waals surface area (Å²) >= 11 is 0. The first-order chi connectivity index (χ1) is 9.26. The Morgan fingerprint density at radius 1 is 1.10 bits per heavy atom. The summed E-state index contributed by atoms with van der Waals surface area (Å²) in [5, 5.41) is 0. The molecule has 6 heteroatoms. The molecule has 1 unspecified atom stereocenters. The summed E-state index contributed by atoms with van der Waals surface area (Å²) < 4.78 is 53.5. The Morgan fingerprint density at radius 2 is 1.70 bits per heavy atom. The number of nitrogens with one attached hydrogen (secondary N) is 1. The molecule has 4 saturated carbocycles. The van der Waals surface area contributed by atoms with Crippen molar-refractivity contribution >= 4 is 10.0 Å². The van der Waals surface area contributed by atoms with Gasteiger partial charge in [0.05, 0.1) is 5.75 Å². The lowest BCUT2D eigenvalue weighted by Gasteiger charge is -2.29. The highest BCUT2D eigenvalue weighted by atomic mass is 32.2. The minimum Gasteiger partial charge on any atom is -0.212 e. The summed E-state index contributed by atoms with van der Waals surface area (Å²) in [6, 6.07) is -0.129. The van der Waals surface area contributed by atoms with Crippen LogP contribution in [-0.4, -0.2) is 26.1 Å². The van der Waals surface area contributed by atoms with E-state index in [0.29, 0.717) is 37.0 Å². The zero-order chi connectivity index (χ0) is 14.2. The van der Waals surface area contributed by atoms with Crippen molar-refractivity contribution in [1.82, 2.24) is 4.72 Å². The number of alkyl halides is 2. The molecule has 0 amide bonds. The minimum absolute atomic E-state index is 0.00403. The molecule has 0 bridgehead atoms. The molecule has 4 aliphatic rings. The largest absolute Gasteiger partial charge is 0.254 e. The van der Waals surface area contributed by atoms with Crippen LogP contribution in [0.5, 0.6) is 0 Å². The third kappa shape index (κ3) is 2.10. The van der Waals surface area contributed by atoms with Crippen LogP contribution in [0.2, 0.25) is 0 Å². The van der Waals surface area contributed by atoms with E-state index in [1.54, 1.807) is 0 Å². The van der Waals surface area contributed by atoms with Gasteiger partial charge < -0.3 is 0 Å². The number of hydrogen-bond donors (Lipinski definition) is 1. The Balaban J connectivity index is 1.29. The highest BCUT2D eigenvalue weighted by molar-refractivity contribution is 7.89. The smallest absolute Gasteiger partial charge is 0.212 e. The summed E-state index contributed by atoms with van der Waals surface area (Å²) in [7, 11) is -3.23. The highest BCUT2D eigenvalue weighted by Gasteiger charge is 2.70. The van der Waals surface area contributed by atoms with Gasteiger partial charge in [0, 0.05) is 17.9 Å². The second kappa shape index (κ2) is 3.75. The number of rotatable bonds is 4. The van der Waals surface area contributed by atoms with Gasteiger partial charge in [0.1, 0.15) is 0 Å². The number of sulfonamides is 1. The van der Waals surface area contributed by atoms with Gasteiger partial charge in [-0.25, -0.2) is 21.9 Å². The number of halogens is 2. The van der Waals surface area contributed by atoms with E-state index < -0.39 is 21.4 Å². The number of hydrogen-bond acceptors (Lipinski definition) is 2. The minimum atomic E-state index is -3.23. The van der Waals surface area contributed by atoms with Crippen molar-refractivity contribution in [3.05, 3.63) is 0 Å². The van der Waals surface area contributed by atoms with Crippen LogP contribution in [0.15, 0.2) is 0 Å². The highest BCUT2D eigenvalue weighted by Crippen LogP contribution is 2.71. The first-order valence-corrected chi connectivity index (χ1v) is 9.29. The van der Waals surface area contributed by atoms with Gasteiger partial charge in [0.2, 0.25) is 10.0 Å². The molecule has 114 valence electrons. The van der Waals surface area contributed by atoms with Gasteiger partial charge in [-0.05, 0) is 56.3 Å².